The molecule has 1 unspecified atom stereocenters. The summed E-state index contributed by atoms with van der Waals surface area (Å²) in [6, 6.07) is 9.39. The molecule has 0 fully saturated rings. The molecule has 2 N–H and O–H groups in total. The third kappa shape index (κ3) is 2.08. The minimum atomic E-state index is 0.0533. The fourth-order valence-electron chi connectivity index (χ4n) is 3.69. The second-order valence-electron chi connectivity index (χ2n) is 5.63. The van der Waals surface area contributed by atoms with Crippen LogP contribution in [0.5, 0.6) is 0 Å². The van der Waals surface area contributed by atoms with Crippen LogP contribution in [0.2, 0.25) is 0 Å². The zero-order valence-corrected chi connectivity index (χ0v) is 11.9. The van der Waals surface area contributed by atoms with Gasteiger partial charge >= 0.3 is 0 Å². The zero-order valence-electron chi connectivity index (χ0n) is 11.9. The van der Waals surface area contributed by atoms with Gasteiger partial charge < -0.3 is 5.73 Å². The number of rotatable bonds is 4. The van der Waals surface area contributed by atoms with Gasteiger partial charge in [-0.05, 0) is 50.8 Å². The van der Waals surface area contributed by atoms with Crippen LogP contribution in [-0.4, -0.2) is 24.0 Å². The number of hydrogen-bond donors (Lipinski definition) is 1. The SMILES string of the molecule is CCN(C(C)C)C1(CN)CCCc2ccccc21. The highest BCUT2D eigenvalue weighted by atomic mass is 15.2. The summed E-state index contributed by atoms with van der Waals surface area (Å²) in [6.07, 6.45) is 3.64. The summed E-state index contributed by atoms with van der Waals surface area (Å²) in [5.74, 6) is 0. The Kier molecular flexibility index (Phi) is 4.08. The van der Waals surface area contributed by atoms with Crippen molar-refractivity contribution < 1.29 is 0 Å². The highest BCUT2D eigenvalue weighted by Crippen LogP contribution is 2.40. The van der Waals surface area contributed by atoms with Crippen LogP contribution in [0.25, 0.3) is 0 Å². The van der Waals surface area contributed by atoms with Gasteiger partial charge in [-0.2, -0.15) is 0 Å². The lowest BCUT2D eigenvalue weighted by molar-refractivity contribution is 0.0491. The van der Waals surface area contributed by atoms with Gasteiger partial charge in [-0.15, -0.1) is 0 Å². The molecule has 0 spiro atoms. The van der Waals surface area contributed by atoms with Crippen molar-refractivity contribution in [2.24, 2.45) is 5.73 Å². The van der Waals surface area contributed by atoms with Crippen molar-refractivity contribution in [3.63, 3.8) is 0 Å². The summed E-state index contributed by atoms with van der Waals surface area (Å²) in [5, 5.41) is 0. The number of aryl methyl sites for hydroxylation is 1. The third-order valence-electron chi connectivity index (χ3n) is 4.41. The van der Waals surface area contributed by atoms with E-state index in [9.17, 15) is 0 Å². The largest absolute Gasteiger partial charge is 0.328 e. The number of fused-ring (bicyclic) bond motifs is 1. The molecular weight excluding hydrogens is 220 g/mol. The van der Waals surface area contributed by atoms with E-state index in [0.717, 1.165) is 13.1 Å². The molecule has 1 aromatic carbocycles. The van der Waals surface area contributed by atoms with E-state index in [1.807, 2.05) is 0 Å². The summed E-state index contributed by atoms with van der Waals surface area (Å²) < 4.78 is 0. The monoisotopic (exact) mass is 246 g/mol. The molecule has 0 saturated carbocycles. The van der Waals surface area contributed by atoms with Crippen molar-refractivity contribution in [1.82, 2.24) is 4.90 Å². The summed E-state index contributed by atoms with van der Waals surface area (Å²) in [7, 11) is 0. The lowest BCUT2D eigenvalue weighted by Crippen LogP contribution is -2.55. The summed E-state index contributed by atoms with van der Waals surface area (Å²) >= 11 is 0. The van der Waals surface area contributed by atoms with Gasteiger partial charge in [0.25, 0.3) is 0 Å². The summed E-state index contributed by atoms with van der Waals surface area (Å²) in [6.45, 7) is 8.57. The van der Waals surface area contributed by atoms with E-state index in [2.05, 4.69) is 49.9 Å². The number of nitrogens with zero attached hydrogens (tertiary/aromatic N) is 1. The zero-order chi connectivity index (χ0) is 13.2. The van der Waals surface area contributed by atoms with Crippen molar-refractivity contribution in [2.45, 2.75) is 51.6 Å². The molecule has 0 saturated heterocycles. The fraction of sp³-hybridized carbons (Fsp3) is 0.625. The Morgan fingerprint density at radius 1 is 1.33 bits per heavy atom. The van der Waals surface area contributed by atoms with Crippen LogP contribution in [0.1, 0.15) is 44.7 Å². The molecule has 18 heavy (non-hydrogen) atoms. The van der Waals surface area contributed by atoms with Crippen LogP contribution in [0, 0.1) is 0 Å². The van der Waals surface area contributed by atoms with Gasteiger partial charge in [0.2, 0.25) is 0 Å². The first-order chi connectivity index (χ1) is 8.65. The fourth-order valence-corrected chi connectivity index (χ4v) is 3.69. The number of likely N-dealkylation sites (N-methyl/N-ethyl adjacent to an activating group) is 1. The molecule has 0 aliphatic heterocycles. The Bertz CT molecular complexity index is 400. The lowest BCUT2D eigenvalue weighted by atomic mass is 9.74. The van der Waals surface area contributed by atoms with Crippen molar-refractivity contribution in [3.05, 3.63) is 35.4 Å². The molecule has 0 heterocycles. The molecule has 2 nitrogen and oxygen atoms in total. The Morgan fingerprint density at radius 3 is 2.67 bits per heavy atom. The third-order valence-corrected chi connectivity index (χ3v) is 4.41. The van der Waals surface area contributed by atoms with E-state index >= 15 is 0 Å². The Labute approximate surface area is 111 Å². The molecule has 2 heteroatoms. The maximum absolute atomic E-state index is 6.23. The topological polar surface area (TPSA) is 29.3 Å². The van der Waals surface area contributed by atoms with Gasteiger partial charge in [0, 0.05) is 12.6 Å². The minimum Gasteiger partial charge on any atom is -0.328 e. The highest BCUT2D eigenvalue weighted by molar-refractivity contribution is 5.37. The predicted molar refractivity (Wildman–Crippen MR) is 77.6 cm³/mol. The number of benzene rings is 1. The average Bonchev–Trinajstić information content (AvgIpc) is 2.39. The molecule has 2 rings (SSSR count). The standard InChI is InChI=1S/C16H26N2/c1-4-18(13(2)3)16(12-17)11-7-9-14-8-5-6-10-15(14)16/h5-6,8,10,13H,4,7,9,11-12,17H2,1-3H3. The van der Waals surface area contributed by atoms with Crippen LogP contribution in [-0.2, 0) is 12.0 Å². The van der Waals surface area contributed by atoms with E-state index in [0.29, 0.717) is 6.04 Å². The van der Waals surface area contributed by atoms with Gasteiger partial charge in [-0.1, -0.05) is 31.2 Å². The van der Waals surface area contributed by atoms with Gasteiger partial charge in [0.1, 0.15) is 0 Å². The number of hydrogen-bond acceptors (Lipinski definition) is 2. The van der Waals surface area contributed by atoms with Crippen LogP contribution in [0.15, 0.2) is 24.3 Å². The lowest BCUT2D eigenvalue weighted by Gasteiger charge is -2.49. The maximum Gasteiger partial charge on any atom is 0.0588 e. The predicted octanol–water partition coefficient (Wildman–Crippen LogP) is 2.91. The van der Waals surface area contributed by atoms with Crippen molar-refractivity contribution in [2.75, 3.05) is 13.1 Å². The van der Waals surface area contributed by atoms with E-state index in [1.54, 1.807) is 0 Å². The van der Waals surface area contributed by atoms with Gasteiger partial charge in [0.05, 0.1) is 5.54 Å². The molecule has 0 bridgehead atoms. The maximum atomic E-state index is 6.23. The molecule has 1 aliphatic rings. The molecular formula is C16H26N2. The highest BCUT2D eigenvalue weighted by Gasteiger charge is 2.40. The molecule has 1 aliphatic carbocycles. The normalized spacial score (nSPS) is 23.4. The molecule has 1 atom stereocenters. The number of nitrogens with two attached hydrogens (primary N) is 1. The van der Waals surface area contributed by atoms with Crippen LogP contribution < -0.4 is 5.73 Å². The minimum absolute atomic E-state index is 0.0533. The van der Waals surface area contributed by atoms with E-state index in [-0.39, 0.29) is 5.54 Å². The first-order valence-electron chi connectivity index (χ1n) is 7.21. The quantitative estimate of drug-likeness (QED) is 0.885. The van der Waals surface area contributed by atoms with Crippen LogP contribution in [0.4, 0.5) is 0 Å². The van der Waals surface area contributed by atoms with E-state index < -0.39 is 0 Å². The Balaban J connectivity index is 2.51. The van der Waals surface area contributed by atoms with Gasteiger partial charge in [0.15, 0.2) is 0 Å². The molecule has 0 aromatic heterocycles. The second-order valence-corrected chi connectivity index (χ2v) is 5.63. The molecule has 100 valence electrons. The summed E-state index contributed by atoms with van der Waals surface area (Å²) in [5.41, 5.74) is 9.24. The van der Waals surface area contributed by atoms with Crippen molar-refractivity contribution >= 4 is 0 Å². The van der Waals surface area contributed by atoms with Crippen LogP contribution >= 0.6 is 0 Å². The van der Waals surface area contributed by atoms with Gasteiger partial charge in [-0.25, -0.2) is 0 Å². The average molecular weight is 246 g/mol. The van der Waals surface area contributed by atoms with E-state index in [1.165, 1.54) is 30.4 Å². The first kappa shape index (κ1) is 13.6. The smallest absolute Gasteiger partial charge is 0.0588 e. The first-order valence-corrected chi connectivity index (χ1v) is 7.21. The molecule has 1 aromatic rings. The van der Waals surface area contributed by atoms with E-state index in [4.69, 9.17) is 5.73 Å². The summed E-state index contributed by atoms with van der Waals surface area (Å²) in [4.78, 5) is 2.57. The second kappa shape index (κ2) is 5.41. The Hall–Kier alpha value is -0.860. The van der Waals surface area contributed by atoms with Crippen molar-refractivity contribution in [3.8, 4) is 0 Å². The van der Waals surface area contributed by atoms with Gasteiger partial charge in [-0.3, -0.25) is 4.90 Å². The van der Waals surface area contributed by atoms with Crippen LogP contribution in [0.3, 0.4) is 0 Å². The molecule has 0 radical (unpaired) electrons. The van der Waals surface area contributed by atoms with Crippen molar-refractivity contribution in [1.29, 1.82) is 0 Å². The molecule has 0 amide bonds. The Morgan fingerprint density at radius 2 is 2.06 bits per heavy atom.